The summed E-state index contributed by atoms with van der Waals surface area (Å²) < 4.78 is 0.817. The minimum atomic E-state index is -1.43. The van der Waals surface area contributed by atoms with Gasteiger partial charge in [0.1, 0.15) is 28.6 Å². The van der Waals surface area contributed by atoms with Crippen LogP contribution < -0.4 is 45.7 Å². The smallest absolute Gasteiger partial charge is 0.543 e. The van der Waals surface area contributed by atoms with Gasteiger partial charge in [0.2, 0.25) is 0 Å². The molecule has 4 heterocycles. The van der Waals surface area contributed by atoms with E-state index in [2.05, 4.69) is 20.4 Å². The van der Waals surface area contributed by atoms with E-state index in [9.17, 15) is 19.5 Å². The first-order chi connectivity index (χ1) is 15.8. The van der Waals surface area contributed by atoms with Gasteiger partial charge in [0.05, 0.1) is 11.7 Å². The number of aromatic nitrogens is 2. The molecule has 0 saturated carbocycles. The van der Waals surface area contributed by atoms with Crippen molar-refractivity contribution < 1.29 is 53.9 Å². The Morgan fingerprint density at radius 1 is 1.38 bits per heavy atom. The number of carboxylic acid groups (broad SMARTS) is 1. The summed E-state index contributed by atoms with van der Waals surface area (Å²) in [6.07, 6.45) is 0. The third-order valence-electron chi connectivity index (χ3n) is 4.66. The number of aryl methyl sites for hydroxylation is 1. The number of aliphatic carboxylic acids is 1. The van der Waals surface area contributed by atoms with Crippen LogP contribution in [-0.4, -0.2) is 68.4 Å². The zero-order valence-electron chi connectivity index (χ0n) is 18.3. The minimum absolute atomic E-state index is 0. The number of nitrogens with one attached hydrogen (secondary N) is 1. The molecule has 0 radical (unpaired) electrons. The number of fused-ring (bicyclic) bond motifs is 1. The van der Waals surface area contributed by atoms with Crippen molar-refractivity contribution in [3.05, 3.63) is 33.4 Å². The Morgan fingerprint density at radius 2 is 2.15 bits per heavy atom. The number of rotatable bonds is 8. The predicted molar refractivity (Wildman–Crippen MR) is 125 cm³/mol. The van der Waals surface area contributed by atoms with Gasteiger partial charge >= 0.3 is 29.6 Å². The summed E-state index contributed by atoms with van der Waals surface area (Å²) in [5.74, 6) is -1.90. The van der Waals surface area contributed by atoms with E-state index < -0.39 is 29.2 Å². The average molecular weight is 549 g/mol. The molecular weight excluding hydrogens is 531 g/mol. The van der Waals surface area contributed by atoms with Crippen molar-refractivity contribution in [1.82, 2.24) is 20.2 Å². The van der Waals surface area contributed by atoms with Gasteiger partial charge in [0, 0.05) is 28.0 Å². The van der Waals surface area contributed by atoms with Crippen LogP contribution in [0.4, 0.5) is 5.13 Å². The topological polar surface area (TPSA) is 163 Å². The Kier molecular flexibility index (Phi) is 9.05. The van der Waals surface area contributed by atoms with Crippen LogP contribution in [-0.2, 0) is 19.2 Å². The molecule has 2 atom stereocenters. The van der Waals surface area contributed by atoms with Crippen LogP contribution in [0.25, 0.3) is 0 Å². The fraction of sp³-hybridized carbons (Fsp3) is 0.333. The van der Waals surface area contributed by atoms with Crippen LogP contribution in [0.3, 0.4) is 0 Å². The van der Waals surface area contributed by atoms with Crippen molar-refractivity contribution >= 4 is 74.8 Å². The number of thioether (sulfide) groups is 2. The summed E-state index contributed by atoms with van der Waals surface area (Å²) >= 11 is 5.38. The molecule has 2 aromatic heterocycles. The number of nitrogens with two attached hydrogens (primary N) is 1. The van der Waals surface area contributed by atoms with E-state index >= 15 is 0 Å². The summed E-state index contributed by atoms with van der Waals surface area (Å²) in [5, 5.41) is 21.3. The molecule has 2 amide bonds. The fourth-order valence-corrected chi connectivity index (χ4v) is 7.11. The number of amides is 2. The molecule has 1 fully saturated rings. The Hall–Kier alpha value is -1.62. The van der Waals surface area contributed by atoms with Crippen LogP contribution in [0, 0.1) is 6.92 Å². The maximum atomic E-state index is 12.8. The maximum absolute atomic E-state index is 12.8. The first kappa shape index (κ1) is 27.0. The summed E-state index contributed by atoms with van der Waals surface area (Å²) in [7, 11) is 1.28. The van der Waals surface area contributed by atoms with Gasteiger partial charge in [-0.3, -0.25) is 14.5 Å². The van der Waals surface area contributed by atoms with Gasteiger partial charge in [-0.1, -0.05) is 16.9 Å². The molecule has 16 heteroatoms. The van der Waals surface area contributed by atoms with Crippen LogP contribution in [0.15, 0.2) is 31.5 Å². The largest absolute Gasteiger partial charge is 1.00 e. The number of hydrogen-bond donors (Lipinski definition) is 2. The number of carbonyl (C=O) groups excluding carboxylic acids is 3. The Bertz CT molecular complexity index is 1180. The number of anilines is 1. The molecule has 34 heavy (non-hydrogen) atoms. The Labute approximate surface area is 232 Å². The standard InChI is InChI=1S/C18H18N6O5S4.Na/c1-7-3-32-18(20-7)33-5-8-4-30-15-11(14(26)24(15)12(8)16(27)28)22-13(25)10(23-29-2)9-6-31-17(19)21-9;/h3,6,11,15H,4-5H2,1-2H3,(H2,19,21)(H,22,25)(H,27,28);/q;+1/p-1/b23-10-;/t11-,15-;/m1./s1. The monoisotopic (exact) mass is 548 g/mol. The molecule has 11 nitrogen and oxygen atoms in total. The molecular formula is C18H17N6NaO5S4. The van der Waals surface area contributed by atoms with E-state index in [0.717, 1.165) is 21.4 Å². The first-order valence-electron chi connectivity index (χ1n) is 9.36. The molecule has 0 unspecified atom stereocenters. The SMILES string of the molecule is CO/N=C(\C(=O)N[C@@H]1C(=O)N2C(C(=O)[O-])=C(CSc3nc(C)cs3)CS[C@H]12)c1csc(N)n1.[Na+]. The summed E-state index contributed by atoms with van der Waals surface area (Å²) in [6, 6.07) is -0.925. The van der Waals surface area contributed by atoms with E-state index in [4.69, 9.17) is 10.6 Å². The van der Waals surface area contributed by atoms with Crippen molar-refractivity contribution in [3.8, 4) is 0 Å². The number of carboxylic acids is 1. The molecule has 4 rings (SSSR count). The van der Waals surface area contributed by atoms with Crippen molar-refractivity contribution in [3.63, 3.8) is 0 Å². The van der Waals surface area contributed by atoms with Gasteiger partial charge in [-0.25, -0.2) is 9.97 Å². The summed E-state index contributed by atoms with van der Waals surface area (Å²) in [6.45, 7) is 1.88. The predicted octanol–water partition coefficient (Wildman–Crippen LogP) is -2.96. The zero-order valence-corrected chi connectivity index (χ0v) is 23.5. The zero-order chi connectivity index (χ0) is 23.7. The second kappa shape index (κ2) is 11.4. The summed E-state index contributed by atoms with van der Waals surface area (Å²) in [4.78, 5) is 51.8. The van der Waals surface area contributed by atoms with Crippen molar-refractivity contribution in [2.75, 3.05) is 24.3 Å². The molecule has 0 aliphatic carbocycles. The van der Waals surface area contributed by atoms with Crippen molar-refractivity contribution in [2.45, 2.75) is 22.7 Å². The molecule has 0 aromatic carbocycles. The third-order valence-corrected chi connectivity index (χ3v) is 8.90. The third kappa shape index (κ3) is 5.45. The van der Waals surface area contributed by atoms with Crippen molar-refractivity contribution in [1.29, 1.82) is 0 Å². The van der Waals surface area contributed by atoms with E-state index in [1.807, 2.05) is 12.3 Å². The second-order valence-electron chi connectivity index (χ2n) is 6.84. The number of carbonyl (C=O) groups is 3. The van der Waals surface area contributed by atoms with Crippen LogP contribution in [0.5, 0.6) is 0 Å². The molecule has 174 valence electrons. The quantitative estimate of drug-likeness (QED) is 0.115. The van der Waals surface area contributed by atoms with Gasteiger partial charge in [-0.05, 0) is 12.5 Å². The molecule has 3 N–H and O–H groups in total. The molecule has 2 aromatic rings. The fourth-order valence-electron chi connectivity index (χ4n) is 3.23. The van der Waals surface area contributed by atoms with E-state index in [1.54, 1.807) is 5.38 Å². The number of thiazole rings is 2. The number of nitrogens with zero attached hydrogens (tertiary/aromatic N) is 4. The van der Waals surface area contributed by atoms with Gasteiger partial charge < -0.3 is 25.8 Å². The summed E-state index contributed by atoms with van der Waals surface area (Å²) in [5.41, 5.74) is 7.02. The average Bonchev–Trinajstić information content (AvgIpc) is 3.40. The van der Waals surface area contributed by atoms with Gasteiger partial charge in [-0.15, -0.1) is 34.4 Å². The van der Waals surface area contributed by atoms with Crippen LogP contribution >= 0.6 is 46.2 Å². The van der Waals surface area contributed by atoms with E-state index in [0.29, 0.717) is 17.1 Å². The van der Waals surface area contributed by atoms with Crippen LogP contribution in [0.1, 0.15) is 11.4 Å². The van der Waals surface area contributed by atoms with Crippen LogP contribution in [0.2, 0.25) is 0 Å². The number of hydrogen-bond acceptors (Lipinski definition) is 13. The van der Waals surface area contributed by atoms with Gasteiger partial charge in [0.15, 0.2) is 10.8 Å². The Morgan fingerprint density at radius 3 is 2.74 bits per heavy atom. The maximum Gasteiger partial charge on any atom is 1.00 e. The minimum Gasteiger partial charge on any atom is -0.543 e. The molecule has 0 spiro atoms. The molecule has 0 bridgehead atoms. The van der Waals surface area contributed by atoms with E-state index in [-0.39, 0.29) is 51.8 Å². The molecule has 1 saturated heterocycles. The van der Waals surface area contributed by atoms with E-state index in [1.165, 1.54) is 46.9 Å². The van der Waals surface area contributed by atoms with Gasteiger partial charge in [-0.2, -0.15) is 0 Å². The molecule has 2 aliphatic heterocycles. The number of oxime groups is 1. The number of β-lactam (4-membered cyclic amide) rings is 1. The van der Waals surface area contributed by atoms with Gasteiger partial charge in [0.25, 0.3) is 11.8 Å². The molecule has 2 aliphatic rings. The Balaban J connectivity index is 0.00000324. The van der Waals surface area contributed by atoms with Crippen molar-refractivity contribution in [2.24, 2.45) is 5.16 Å². The number of nitrogen functional groups attached to an aromatic ring is 1. The normalized spacial score (nSPS) is 19.8. The first-order valence-corrected chi connectivity index (χ1v) is 13.2. The second-order valence-corrected chi connectivity index (χ2v) is 10.9.